The molecule has 1 spiro atoms. The zero-order chi connectivity index (χ0) is 27.2. The lowest BCUT2D eigenvalue weighted by Gasteiger charge is -2.26. The van der Waals surface area contributed by atoms with Gasteiger partial charge in [0.25, 0.3) is 0 Å². The molecule has 0 radical (unpaired) electrons. The van der Waals surface area contributed by atoms with Crippen LogP contribution < -0.4 is 9.47 Å². The van der Waals surface area contributed by atoms with Gasteiger partial charge in [-0.15, -0.1) is 0 Å². The first-order valence-electron chi connectivity index (χ1n) is 14.2. The van der Waals surface area contributed by atoms with Crippen molar-refractivity contribution >= 4 is 21.5 Å². The molecule has 0 aromatic heterocycles. The van der Waals surface area contributed by atoms with E-state index in [1.165, 1.54) is 33.0 Å². The third kappa shape index (κ3) is 4.11. The minimum absolute atomic E-state index is 0.186. The van der Waals surface area contributed by atoms with Crippen molar-refractivity contribution in [3.05, 3.63) is 157 Å². The zero-order valence-corrected chi connectivity index (χ0v) is 22.6. The monoisotopic (exact) mass is 528 g/mol. The highest BCUT2D eigenvalue weighted by molar-refractivity contribution is 6.10. The number of rotatable bonds is 4. The molecule has 0 bridgehead atoms. The highest BCUT2D eigenvalue weighted by atomic mass is 16.5. The van der Waals surface area contributed by atoms with Gasteiger partial charge in [-0.1, -0.05) is 109 Å². The number of hydrogen-bond donors (Lipinski definition) is 0. The summed E-state index contributed by atoms with van der Waals surface area (Å²) in [6, 6.07) is 42.1. The van der Waals surface area contributed by atoms with E-state index in [0.29, 0.717) is 0 Å². The van der Waals surface area contributed by atoms with Gasteiger partial charge in [0.05, 0.1) is 0 Å². The highest BCUT2D eigenvalue weighted by Crippen LogP contribution is 2.53. The molecule has 0 amide bonds. The van der Waals surface area contributed by atoms with Gasteiger partial charge < -0.3 is 9.47 Å². The van der Waals surface area contributed by atoms with Crippen molar-refractivity contribution in [2.45, 2.75) is 12.8 Å². The molecule has 0 unspecified atom stereocenters. The van der Waals surface area contributed by atoms with Crippen molar-refractivity contribution in [3.8, 4) is 34.1 Å². The molecule has 2 heteroatoms. The van der Waals surface area contributed by atoms with Crippen LogP contribution in [-0.2, 0) is 12.8 Å². The lowest BCUT2D eigenvalue weighted by molar-refractivity contribution is 0.441. The molecule has 0 aliphatic heterocycles. The van der Waals surface area contributed by atoms with E-state index < -0.39 is 0 Å². The summed E-state index contributed by atoms with van der Waals surface area (Å²) in [7, 11) is 0. The molecule has 8 rings (SSSR count). The Balaban J connectivity index is 1.49. The molecule has 0 heterocycles. The molecule has 6 aromatic carbocycles. The van der Waals surface area contributed by atoms with Crippen LogP contribution in [0.5, 0.6) is 23.0 Å². The predicted molar refractivity (Wildman–Crippen MR) is 168 cm³/mol. The van der Waals surface area contributed by atoms with E-state index in [2.05, 4.69) is 85.0 Å². The minimum atomic E-state index is -0.186. The van der Waals surface area contributed by atoms with Crippen LogP contribution in [-0.4, -0.2) is 0 Å². The Kier molecular flexibility index (Phi) is 5.53. The van der Waals surface area contributed by atoms with Crippen molar-refractivity contribution in [2.75, 3.05) is 0 Å². The van der Waals surface area contributed by atoms with E-state index >= 15 is 0 Å². The Morgan fingerprint density at radius 1 is 0.463 bits per heavy atom. The fourth-order valence-corrected chi connectivity index (χ4v) is 6.57. The Hall–Kier alpha value is -5.08. The average Bonchev–Trinajstić information content (AvgIpc) is 3.40. The largest absolute Gasteiger partial charge is 0.457 e. The fourth-order valence-electron chi connectivity index (χ4n) is 6.57. The third-order valence-corrected chi connectivity index (χ3v) is 8.40. The SMILES string of the molecule is C1=CC2(C=C1)Cc1c(Oc3ccccc3)cc3ccccc3c1-c1c(c(Oc3ccccc3)cc3ccccc13)C2. The minimum Gasteiger partial charge on any atom is -0.457 e. The molecule has 2 nitrogen and oxygen atoms in total. The van der Waals surface area contributed by atoms with E-state index in [-0.39, 0.29) is 5.41 Å². The molecule has 0 atom stereocenters. The number of allylic oxidation sites excluding steroid dienone is 4. The lowest BCUT2D eigenvalue weighted by atomic mass is 9.79. The number of benzene rings is 6. The van der Waals surface area contributed by atoms with Gasteiger partial charge in [-0.05, 0) is 81.9 Å². The van der Waals surface area contributed by atoms with E-state index in [1.54, 1.807) is 0 Å². The molecule has 41 heavy (non-hydrogen) atoms. The topological polar surface area (TPSA) is 18.5 Å². The van der Waals surface area contributed by atoms with Gasteiger partial charge in [0.1, 0.15) is 23.0 Å². The molecule has 6 aromatic rings. The first kappa shape index (κ1) is 23.8. The molecule has 0 saturated heterocycles. The van der Waals surface area contributed by atoms with Crippen molar-refractivity contribution < 1.29 is 9.47 Å². The van der Waals surface area contributed by atoms with Crippen LogP contribution in [0.3, 0.4) is 0 Å². The summed E-state index contributed by atoms with van der Waals surface area (Å²) in [6.45, 7) is 0. The molecule has 2 aliphatic rings. The Morgan fingerprint density at radius 3 is 1.34 bits per heavy atom. The van der Waals surface area contributed by atoms with E-state index in [1.807, 2.05) is 60.7 Å². The second-order valence-electron chi connectivity index (χ2n) is 11.0. The molecular weight excluding hydrogens is 500 g/mol. The molecule has 2 aliphatic carbocycles. The van der Waals surface area contributed by atoms with Crippen LogP contribution in [0.15, 0.2) is 146 Å². The van der Waals surface area contributed by atoms with E-state index in [4.69, 9.17) is 9.47 Å². The highest BCUT2D eigenvalue weighted by Gasteiger charge is 2.37. The first-order valence-corrected chi connectivity index (χ1v) is 14.2. The third-order valence-electron chi connectivity index (χ3n) is 8.40. The predicted octanol–water partition coefficient (Wildman–Crippen LogP) is 10.5. The zero-order valence-electron chi connectivity index (χ0n) is 22.6. The van der Waals surface area contributed by atoms with Crippen molar-refractivity contribution in [3.63, 3.8) is 0 Å². The average molecular weight is 529 g/mol. The summed E-state index contributed by atoms with van der Waals surface area (Å²) in [5.74, 6) is 3.49. The molecule has 196 valence electrons. The van der Waals surface area contributed by atoms with Gasteiger partial charge >= 0.3 is 0 Å². The van der Waals surface area contributed by atoms with Crippen LogP contribution in [0.4, 0.5) is 0 Å². The summed E-state index contributed by atoms with van der Waals surface area (Å²) >= 11 is 0. The maximum absolute atomic E-state index is 6.72. The summed E-state index contributed by atoms with van der Waals surface area (Å²) in [6.07, 6.45) is 10.7. The number of fused-ring (bicyclic) bond motifs is 7. The molecule has 0 saturated carbocycles. The van der Waals surface area contributed by atoms with Crippen LogP contribution in [0.25, 0.3) is 32.7 Å². The van der Waals surface area contributed by atoms with Gasteiger partial charge in [-0.25, -0.2) is 0 Å². The maximum atomic E-state index is 6.72. The van der Waals surface area contributed by atoms with Gasteiger partial charge in [-0.3, -0.25) is 0 Å². The standard InChI is InChI=1S/C39H28O2/c1-3-15-29(16-4-1)40-35-23-27-13-7-9-19-31(27)37-33(35)25-39(21-11-12-22-39)26-34-36(41-30-17-5-2-6-18-30)24-28-14-8-10-20-32(28)38(34)37/h1-24H,25-26H2. The van der Waals surface area contributed by atoms with Crippen LogP contribution >= 0.6 is 0 Å². The Labute approximate surface area is 239 Å². The summed E-state index contributed by atoms with van der Waals surface area (Å²) in [5, 5.41) is 4.79. The number of ether oxygens (including phenoxy) is 2. The molecular formula is C39H28O2. The molecule has 0 fully saturated rings. The van der Waals surface area contributed by atoms with E-state index in [9.17, 15) is 0 Å². The summed E-state index contributed by atoms with van der Waals surface area (Å²) in [4.78, 5) is 0. The smallest absolute Gasteiger partial charge is 0.131 e. The Morgan fingerprint density at radius 2 is 0.878 bits per heavy atom. The number of para-hydroxylation sites is 2. The van der Waals surface area contributed by atoms with E-state index in [0.717, 1.165) is 46.6 Å². The molecule has 0 N–H and O–H groups in total. The van der Waals surface area contributed by atoms with Gasteiger partial charge in [0, 0.05) is 16.5 Å². The Bertz CT molecular complexity index is 1840. The normalized spacial score (nSPS) is 14.6. The van der Waals surface area contributed by atoms with Crippen LogP contribution in [0, 0.1) is 5.41 Å². The summed E-state index contributed by atoms with van der Waals surface area (Å²) < 4.78 is 13.4. The number of hydrogen-bond acceptors (Lipinski definition) is 2. The van der Waals surface area contributed by atoms with Crippen molar-refractivity contribution in [2.24, 2.45) is 5.41 Å². The first-order chi connectivity index (χ1) is 20.3. The lowest BCUT2D eigenvalue weighted by Crippen LogP contribution is -2.19. The van der Waals surface area contributed by atoms with Gasteiger partial charge in [0.15, 0.2) is 0 Å². The van der Waals surface area contributed by atoms with Crippen molar-refractivity contribution in [1.82, 2.24) is 0 Å². The maximum Gasteiger partial charge on any atom is 0.131 e. The van der Waals surface area contributed by atoms with Crippen molar-refractivity contribution in [1.29, 1.82) is 0 Å². The quantitative estimate of drug-likeness (QED) is 0.227. The van der Waals surface area contributed by atoms with Crippen LogP contribution in [0.2, 0.25) is 0 Å². The summed E-state index contributed by atoms with van der Waals surface area (Å²) in [5.41, 5.74) is 4.75. The fraction of sp³-hybridized carbons (Fsp3) is 0.0769. The second kappa shape index (κ2) is 9.53. The second-order valence-corrected chi connectivity index (χ2v) is 11.0. The van der Waals surface area contributed by atoms with Gasteiger partial charge in [0.2, 0.25) is 0 Å². The van der Waals surface area contributed by atoms with Gasteiger partial charge in [-0.2, -0.15) is 0 Å². The van der Waals surface area contributed by atoms with Crippen LogP contribution in [0.1, 0.15) is 11.1 Å².